The standard InChI is InChI=1S/C14H11ClF2O/c1-9-5-6-10(7-14(9)17)18-8-11-12(15)3-2-4-13(11)16/h2-7H,8H2,1H3. The fraction of sp³-hybridized carbons (Fsp3) is 0.143. The first-order valence-corrected chi connectivity index (χ1v) is 5.77. The van der Waals surface area contributed by atoms with E-state index in [0.29, 0.717) is 16.3 Å². The van der Waals surface area contributed by atoms with Crippen molar-refractivity contribution >= 4 is 11.6 Å². The molecule has 0 radical (unpaired) electrons. The Kier molecular flexibility index (Phi) is 3.82. The van der Waals surface area contributed by atoms with Crippen LogP contribution in [0.4, 0.5) is 8.78 Å². The summed E-state index contributed by atoms with van der Waals surface area (Å²) in [6.07, 6.45) is 0. The molecular formula is C14H11ClF2O. The summed E-state index contributed by atoms with van der Waals surface area (Å²) >= 11 is 5.86. The van der Waals surface area contributed by atoms with Crippen LogP contribution in [0, 0.1) is 18.6 Å². The maximum absolute atomic E-state index is 13.5. The van der Waals surface area contributed by atoms with E-state index < -0.39 is 5.82 Å². The van der Waals surface area contributed by atoms with Crippen LogP contribution in [-0.2, 0) is 6.61 Å². The Morgan fingerprint density at radius 1 is 1.11 bits per heavy atom. The molecule has 0 amide bonds. The highest BCUT2D eigenvalue weighted by atomic mass is 35.5. The van der Waals surface area contributed by atoms with Crippen molar-refractivity contribution in [1.29, 1.82) is 0 Å². The highest BCUT2D eigenvalue weighted by Gasteiger charge is 2.08. The van der Waals surface area contributed by atoms with Crippen LogP contribution in [0.3, 0.4) is 0 Å². The molecule has 0 bridgehead atoms. The summed E-state index contributed by atoms with van der Waals surface area (Å²) in [6.45, 7) is 1.63. The zero-order chi connectivity index (χ0) is 13.1. The monoisotopic (exact) mass is 268 g/mol. The van der Waals surface area contributed by atoms with Crippen molar-refractivity contribution in [2.45, 2.75) is 13.5 Å². The predicted octanol–water partition coefficient (Wildman–Crippen LogP) is 4.51. The predicted molar refractivity (Wildman–Crippen MR) is 66.9 cm³/mol. The average molecular weight is 269 g/mol. The quantitative estimate of drug-likeness (QED) is 0.796. The highest BCUT2D eigenvalue weighted by molar-refractivity contribution is 6.31. The van der Waals surface area contributed by atoms with Crippen LogP contribution in [0.5, 0.6) is 5.75 Å². The fourth-order valence-corrected chi connectivity index (χ4v) is 1.71. The number of rotatable bonds is 3. The lowest BCUT2D eigenvalue weighted by Crippen LogP contribution is -2.00. The molecule has 0 aliphatic heterocycles. The first kappa shape index (κ1) is 12.8. The molecule has 0 aliphatic carbocycles. The minimum absolute atomic E-state index is 0.0337. The third-order valence-corrected chi connectivity index (χ3v) is 2.94. The van der Waals surface area contributed by atoms with Gasteiger partial charge in [0.15, 0.2) is 0 Å². The second kappa shape index (κ2) is 5.36. The Labute approximate surface area is 109 Å². The molecule has 1 nitrogen and oxygen atoms in total. The molecule has 4 heteroatoms. The van der Waals surface area contributed by atoms with Crippen molar-refractivity contribution < 1.29 is 13.5 Å². The molecule has 0 saturated carbocycles. The minimum atomic E-state index is -0.435. The van der Waals surface area contributed by atoms with Crippen LogP contribution in [0.25, 0.3) is 0 Å². The van der Waals surface area contributed by atoms with Gasteiger partial charge in [-0.05, 0) is 30.7 Å². The van der Waals surface area contributed by atoms with Gasteiger partial charge in [-0.15, -0.1) is 0 Å². The van der Waals surface area contributed by atoms with Gasteiger partial charge in [-0.2, -0.15) is 0 Å². The Morgan fingerprint density at radius 3 is 2.56 bits per heavy atom. The van der Waals surface area contributed by atoms with Crippen LogP contribution in [0.15, 0.2) is 36.4 Å². The van der Waals surface area contributed by atoms with Crippen LogP contribution >= 0.6 is 11.6 Å². The third-order valence-electron chi connectivity index (χ3n) is 2.59. The smallest absolute Gasteiger partial charge is 0.131 e. The van der Waals surface area contributed by atoms with E-state index in [1.54, 1.807) is 25.1 Å². The first-order valence-electron chi connectivity index (χ1n) is 5.40. The summed E-state index contributed by atoms with van der Waals surface area (Å²) < 4.78 is 32.1. The maximum Gasteiger partial charge on any atom is 0.131 e. The van der Waals surface area contributed by atoms with Crippen molar-refractivity contribution in [3.63, 3.8) is 0 Å². The van der Waals surface area contributed by atoms with Crippen LogP contribution in [0.2, 0.25) is 5.02 Å². The summed E-state index contributed by atoms with van der Waals surface area (Å²) in [4.78, 5) is 0. The molecule has 0 heterocycles. The number of hydrogen-bond acceptors (Lipinski definition) is 1. The molecule has 2 rings (SSSR count). The molecule has 2 aromatic rings. The molecule has 18 heavy (non-hydrogen) atoms. The Hall–Kier alpha value is -1.61. The van der Waals surface area contributed by atoms with Gasteiger partial charge in [0.1, 0.15) is 24.0 Å². The minimum Gasteiger partial charge on any atom is -0.489 e. The molecule has 0 fully saturated rings. The summed E-state index contributed by atoms with van der Waals surface area (Å²) in [5.41, 5.74) is 0.798. The van der Waals surface area contributed by atoms with E-state index >= 15 is 0 Å². The van der Waals surface area contributed by atoms with Gasteiger partial charge in [-0.1, -0.05) is 23.7 Å². The number of benzene rings is 2. The molecule has 0 N–H and O–H groups in total. The second-order valence-electron chi connectivity index (χ2n) is 3.90. The summed E-state index contributed by atoms with van der Waals surface area (Å²) in [5.74, 6) is -0.445. The van der Waals surface area contributed by atoms with Gasteiger partial charge in [-0.25, -0.2) is 8.78 Å². The van der Waals surface area contributed by atoms with Crippen LogP contribution < -0.4 is 4.74 Å². The van der Waals surface area contributed by atoms with Crippen molar-refractivity contribution in [3.05, 3.63) is 64.2 Å². The second-order valence-corrected chi connectivity index (χ2v) is 4.31. The topological polar surface area (TPSA) is 9.23 Å². The van der Waals surface area contributed by atoms with E-state index in [9.17, 15) is 8.78 Å². The summed E-state index contributed by atoms with van der Waals surface area (Å²) in [6, 6.07) is 8.91. The van der Waals surface area contributed by atoms with E-state index in [0.717, 1.165) is 0 Å². The fourth-order valence-electron chi connectivity index (χ4n) is 1.49. The molecular weight excluding hydrogens is 258 g/mol. The van der Waals surface area contributed by atoms with Gasteiger partial charge in [0.25, 0.3) is 0 Å². The van der Waals surface area contributed by atoms with E-state index in [2.05, 4.69) is 0 Å². The number of aryl methyl sites for hydroxylation is 1. The number of halogens is 3. The largest absolute Gasteiger partial charge is 0.489 e. The van der Waals surface area contributed by atoms with Crippen molar-refractivity contribution in [3.8, 4) is 5.75 Å². The lowest BCUT2D eigenvalue weighted by molar-refractivity contribution is 0.298. The molecule has 0 unspecified atom stereocenters. The van der Waals surface area contributed by atoms with E-state index in [4.69, 9.17) is 16.3 Å². The Bertz CT molecular complexity index is 549. The first-order chi connectivity index (χ1) is 8.58. The third kappa shape index (κ3) is 2.79. The zero-order valence-electron chi connectivity index (χ0n) is 9.71. The van der Waals surface area contributed by atoms with Gasteiger partial charge >= 0.3 is 0 Å². The molecule has 0 aliphatic rings. The zero-order valence-corrected chi connectivity index (χ0v) is 10.5. The van der Waals surface area contributed by atoms with Gasteiger partial charge < -0.3 is 4.74 Å². The molecule has 0 saturated heterocycles. The molecule has 0 spiro atoms. The maximum atomic E-state index is 13.5. The molecule has 94 valence electrons. The SMILES string of the molecule is Cc1ccc(OCc2c(F)cccc2Cl)cc1F. The van der Waals surface area contributed by atoms with Crippen molar-refractivity contribution in [1.82, 2.24) is 0 Å². The Morgan fingerprint density at radius 2 is 1.89 bits per heavy atom. The number of hydrogen-bond donors (Lipinski definition) is 0. The molecule has 0 aromatic heterocycles. The lowest BCUT2D eigenvalue weighted by atomic mass is 10.2. The van der Waals surface area contributed by atoms with Crippen molar-refractivity contribution in [2.24, 2.45) is 0 Å². The highest BCUT2D eigenvalue weighted by Crippen LogP contribution is 2.22. The van der Waals surface area contributed by atoms with Crippen LogP contribution in [-0.4, -0.2) is 0 Å². The van der Waals surface area contributed by atoms with Gasteiger partial charge in [0.2, 0.25) is 0 Å². The summed E-state index contributed by atoms with van der Waals surface area (Å²) in [5, 5.41) is 0.294. The Balaban J connectivity index is 2.14. The molecule has 2 aromatic carbocycles. The average Bonchev–Trinajstić information content (AvgIpc) is 2.33. The van der Waals surface area contributed by atoms with Crippen LogP contribution in [0.1, 0.15) is 11.1 Å². The van der Waals surface area contributed by atoms with Gasteiger partial charge in [-0.3, -0.25) is 0 Å². The van der Waals surface area contributed by atoms with Gasteiger partial charge in [0, 0.05) is 11.6 Å². The van der Waals surface area contributed by atoms with E-state index in [-0.39, 0.29) is 18.0 Å². The molecule has 0 atom stereocenters. The van der Waals surface area contributed by atoms with E-state index in [1.165, 1.54) is 18.2 Å². The normalized spacial score (nSPS) is 10.4. The summed E-state index contributed by atoms with van der Waals surface area (Å²) in [7, 11) is 0. The van der Waals surface area contributed by atoms with Crippen molar-refractivity contribution in [2.75, 3.05) is 0 Å². The lowest BCUT2D eigenvalue weighted by Gasteiger charge is -2.09. The van der Waals surface area contributed by atoms with E-state index in [1.807, 2.05) is 0 Å². The van der Waals surface area contributed by atoms with Gasteiger partial charge in [0.05, 0.1) is 5.02 Å². The number of ether oxygens (including phenoxy) is 1.